The van der Waals surface area contributed by atoms with E-state index in [1.807, 2.05) is 61.5 Å². The van der Waals surface area contributed by atoms with Gasteiger partial charge in [0.05, 0.1) is 6.42 Å². The molecule has 0 aliphatic carbocycles. The van der Waals surface area contributed by atoms with Gasteiger partial charge in [0.1, 0.15) is 6.04 Å². The third-order valence-corrected chi connectivity index (χ3v) is 6.80. The van der Waals surface area contributed by atoms with Gasteiger partial charge in [0.2, 0.25) is 11.8 Å². The summed E-state index contributed by atoms with van der Waals surface area (Å²) in [6.07, 6.45) is 2.41. The normalized spacial score (nSPS) is 11.7. The molecule has 3 aromatic rings. The molecule has 0 aliphatic heterocycles. The molecular formula is C29H32Cl2N2O2. The van der Waals surface area contributed by atoms with Crippen LogP contribution in [-0.2, 0) is 29.0 Å². The van der Waals surface area contributed by atoms with E-state index >= 15 is 0 Å². The first-order chi connectivity index (χ1) is 16.9. The number of nitrogens with one attached hydrogen (secondary N) is 1. The molecule has 4 nitrogen and oxygen atoms in total. The molecule has 3 rings (SSSR count). The lowest BCUT2D eigenvalue weighted by Gasteiger charge is -2.32. The third-order valence-electron chi connectivity index (χ3n) is 6.09. The summed E-state index contributed by atoms with van der Waals surface area (Å²) >= 11 is 13.0. The second-order valence-electron chi connectivity index (χ2n) is 8.68. The summed E-state index contributed by atoms with van der Waals surface area (Å²) < 4.78 is 0. The van der Waals surface area contributed by atoms with Gasteiger partial charge in [-0.1, -0.05) is 97.2 Å². The lowest BCUT2D eigenvalue weighted by atomic mass is 10.00. The second kappa shape index (κ2) is 13.3. The fraction of sp³-hybridized carbons (Fsp3) is 0.310. The van der Waals surface area contributed by atoms with Gasteiger partial charge < -0.3 is 10.2 Å². The van der Waals surface area contributed by atoms with E-state index in [0.29, 0.717) is 28.6 Å². The number of benzene rings is 3. The third kappa shape index (κ3) is 7.58. The highest BCUT2D eigenvalue weighted by Gasteiger charge is 2.31. The Morgan fingerprint density at radius 1 is 0.914 bits per heavy atom. The molecule has 35 heavy (non-hydrogen) atoms. The molecule has 0 spiro atoms. The summed E-state index contributed by atoms with van der Waals surface area (Å²) in [6.45, 7) is 4.76. The topological polar surface area (TPSA) is 49.4 Å². The molecule has 0 radical (unpaired) electrons. The van der Waals surface area contributed by atoms with Crippen molar-refractivity contribution in [1.29, 1.82) is 0 Å². The van der Waals surface area contributed by atoms with Crippen molar-refractivity contribution >= 4 is 35.0 Å². The van der Waals surface area contributed by atoms with Crippen LogP contribution in [0.5, 0.6) is 0 Å². The monoisotopic (exact) mass is 510 g/mol. The van der Waals surface area contributed by atoms with Crippen molar-refractivity contribution in [3.63, 3.8) is 0 Å². The van der Waals surface area contributed by atoms with Crippen LogP contribution in [0.3, 0.4) is 0 Å². The van der Waals surface area contributed by atoms with Crippen LogP contribution in [0.1, 0.15) is 42.0 Å². The zero-order chi connectivity index (χ0) is 25.2. The van der Waals surface area contributed by atoms with Crippen molar-refractivity contribution < 1.29 is 9.59 Å². The summed E-state index contributed by atoms with van der Waals surface area (Å²) in [5, 5.41) is 3.97. The maximum Gasteiger partial charge on any atom is 0.243 e. The number of rotatable bonds is 11. The van der Waals surface area contributed by atoms with Gasteiger partial charge in [0.15, 0.2) is 0 Å². The molecule has 0 heterocycles. The van der Waals surface area contributed by atoms with Gasteiger partial charge in [-0.3, -0.25) is 9.59 Å². The van der Waals surface area contributed by atoms with E-state index < -0.39 is 6.04 Å². The van der Waals surface area contributed by atoms with Gasteiger partial charge in [-0.05, 0) is 42.2 Å². The van der Waals surface area contributed by atoms with E-state index in [2.05, 4.69) is 12.2 Å². The highest BCUT2D eigenvalue weighted by Crippen LogP contribution is 2.27. The van der Waals surface area contributed by atoms with Crippen molar-refractivity contribution in [3.8, 4) is 0 Å². The summed E-state index contributed by atoms with van der Waals surface area (Å²) in [5.41, 5.74) is 3.57. The van der Waals surface area contributed by atoms with Crippen LogP contribution in [-0.4, -0.2) is 29.3 Å². The van der Waals surface area contributed by atoms with Gasteiger partial charge in [-0.2, -0.15) is 0 Å². The summed E-state index contributed by atoms with van der Waals surface area (Å²) in [4.78, 5) is 28.9. The standard InChI is InChI=1S/C29H32Cl2N2O2/c1-3-4-17-32-29(35)27(18-22-12-6-5-7-13-22)33(20-24-25(30)15-10-16-26(24)31)28(34)19-23-14-9-8-11-21(23)2/h5-16,27H,3-4,17-20H2,1-2H3,(H,32,35)/t27-/m0/s1. The van der Waals surface area contributed by atoms with Gasteiger partial charge >= 0.3 is 0 Å². The first kappa shape index (κ1) is 26.8. The Kier molecular flexibility index (Phi) is 10.2. The van der Waals surface area contributed by atoms with Crippen LogP contribution in [0, 0.1) is 6.92 Å². The number of amides is 2. The first-order valence-corrected chi connectivity index (χ1v) is 12.7. The molecule has 2 amide bonds. The number of hydrogen-bond acceptors (Lipinski definition) is 2. The van der Waals surface area contributed by atoms with Crippen molar-refractivity contribution in [2.24, 2.45) is 0 Å². The Hall–Kier alpha value is -2.82. The Morgan fingerprint density at radius 3 is 2.23 bits per heavy atom. The van der Waals surface area contributed by atoms with E-state index in [1.165, 1.54) is 0 Å². The lowest BCUT2D eigenvalue weighted by Crippen LogP contribution is -2.51. The Bertz CT molecular complexity index is 1110. The SMILES string of the molecule is CCCCNC(=O)[C@H](Cc1ccccc1)N(Cc1c(Cl)cccc1Cl)C(=O)Cc1ccccc1C. The van der Waals surface area contributed by atoms with Crippen LogP contribution < -0.4 is 5.32 Å². The molecule has 0 aliphatic rings. The molecule has 0 unspecified atom stereocenters. The quantitative estimate of drug-likeness (QED) is 0.303. The average molecular weight is 511 g/mol. The van der Waals surface area contributed by atoms with E-state index in [0.717, 1.165) is 29.5 Å². The number of hydrogen-bond donors (Lipinski definition) is 1. The molecule has 0 saturated carbocycles. The molecule has 1 N–H and O–H groups in total. The minimum absolute atomic E-state index is 0.141. The maximum absolute atomic E-state index is 13.8. The van der Waals surface area contributed by atoms with Crippen LogP contribution >= 0.6 is 23.2 Å². The van der Waals surface area contributed by atoms with Crippen molar-refractivity contribution in [3.05, 3.63) is 105 Å². The molecular weight excluding hydrogens is 479 g/mol. The molecule has 0 saturated heterocycles. The van der Waals surface area contributed by atoms with E-state index in [4.69, 9.17) is 23.2 Å². The molecule has 0 fully saturated rings. The fourth-order valence-corrected chi connectivity index (χ4v) is 4.50. The van der Waals surface area contributed by atoms with Crippen molar-refractivity contribution in [2.45, 2.75) is 52.1 Å². The lowest BCUT2D eigenvalue weighted by molar-refractivity contribution is -0.140. The van der Waals surface area contributed by atoms with Crippen LogP contribution in [0.15, 0.2) is 72.8 Å². The molecule has 184 valence electrons. The van der Waals surface area contributed by atoms with Gasteiger partial charge in [0, 0.05) is 35.1 Å². The van der Waals surface area contributed by atoms with E-state index in [9.17, 15) is 9.59 Å². The minimum atomic E-state index is -0.710. The van der Waals surface area contributed by atoms with E-state index in [-0.39, 0.29) is 24.8 Å². The molecule has 3 aromatic carbocycles. The van der Waals surface area contributed by atoms with Gasteiger partial charge in [-0.15, -0.1) is 0 Å². The number of halogens is 2. The molecule has 0 bridgehead atoms. The number of nitrogens with zero attached hydrogens (tertiary/aromatic N) is 1. The summed E-state index contributed by atoms with van der Waals surface area (Å²) in [5.74, 6) is -0.328. The van der Waals surface area contributed by atoms with Crippen LogP contribution in [0.25, 0.3) is 0 Å². The summed E-state index contributed by atoms with van der Waals surface area (Å²) in [7, 11) is 0. The minimum Gasteiger partial charge on any atom is -0.354 e. The van der Waals surface area contributed by atoms with Gasteiger partial charge in [-0.25, -0.2) is 0 Å². The van der Waals surface area contributed by atoms with Crippen molar-refractivity contribution in [2.75, 3.05) is 6.54 Å². The van der Waals surface area contributed by atoms with Gasteiger partial charge in [0.25, 0.3) is 0 Å². The smallest absolute Gasteiger partial charge is 0.243 e. The molecule has 0 aromatic heterocycles. The Morgan fingerprint density at radius 2 is 1.57 bits per heavy atom. The molecule has 6 heteroatoms. The largest absolute Gasteiger partial charge is 0.354 e. The van der Waals surface area contributed by atoms with Crippen LogP contribution in [0.4, 0.5) is 0 Å². The number of carbonyl (C=O) groups is 2. The maximum atomic E-state index is 13.8. The fourth-order valence-electron chi connectivity index (χ4n) is 3.99. The Balaban J connectivity index is 2.00. The summed E-state index contributed by atoms with van der Waals surface area (Å²) in [6, 6.07) is 22.1. The zero-order valence-electron chi connectivity index (χ0n) is 20.3. The predicted molar refractivity (Wildman–Crippen MR) is 144 cm³/mol. The highest BCUT2D eigenvalue weighted by molar-refractivity contribution is 6.36. The highest BCUT2D eigenvalue weighted by atomic mass is 35.5. The number of unbranched alkanes of at least 4 members (excludes halogenated alkanes) is 1. The Labute approximate surface area is 218 Å². The zero-order valence-corrected chi connectivity index (χ0v) is 21.8. The molecule has 1 atom stereocenters. The second-order valence-corrected chi connectivity index (χ2v) is 9.49. The van der Waals surface area contributed by atoms with Crippen molar-refractivity contribution in [1.82, 2.24) is 10.2 Å². The first-order valence-electron chi connectivity index (χ1n) is 12.0. The number of carbonyl (C=O) groups excluding carboxylic acids is 2. The van der Waals surface area contributed by atoms with Crippen LogP contribution in [0.2, 0.25) is 10.0 Å². The number of aryl methyl sites for hydroxylation is 1. The van der Waals surface area contributed by atoms with E-state index in [1.54, 1.807) is 23.1 Å². The predicted octanol–water partition coefficient (Wildman–Crippen LogP) is 6.40. The average Bonchev–Trinajstić information content (AvgIpc) is 2.85.